The summed E-state index contributed by atoms with van der Waals surface area (Å²) in [7, 11) is 0. The molecular formula is C21H42. The normalized spacial score (nSPS) is 13.1. The Kier molecular flexibility index (Phi) is 17.6. The Balaban J connectivity index is 3.02. The highest BCUT2D eigenvalue weighted by atomic mass is 14.0. The van der Waals surface area contributed by atoms with Crippen LogP contribution in [0.1, 0.15) is 117 Å². The summed E-state index contributed by atoms with van der Waals surface area (Å²) < 4.78 is 0. The van der Waals surface area contributed by atoms with Crippen molar-refractivity contribution in [3.8, 4) is 0 Å². The van der Waals surface area contributed by atoms with E-state index in [1.807, 2.05) is 0 Å². The Labute approximate surface area is 135 Å². The lowest BCUT2D eigenvalue weighted by atomic mass is 10.0. The van der Waals surface area contributed by atoms with E-state index in [-0.39, 0.29) is 0 Å². The predicted octanol–water partition coefficient (Wildman–Crippen LogP) is 8.07. The zero-order chi connectivity index (χ0) is 15.6. The number of hydrogen-bond acceptors (Lipinski definition) is 0. The van der Waals surface area contributed by atoms with Gasteiger partial charge in [-0.3, -0.25) is 0 Å². The molecule has 0 aromatic heterocycles. The Bertz CT molecular complexity index is 204. The third kappa shape index (κ3) is 17.7. The van der Waals surface area contributed by atoms with E-state index in [9.17, 15) is 0 Å². The molecule has 0 bridgehead atoms. The van der Waals surface area contributed by atoms with E-state index in [0.717, 1.165) is 5.92 Å². The Morgan fingerprint density at radius 2 is 1.00 bits per heavy atom. The van der Waals surface area contributed by atoms with Crippen LogP contribution in [0.2, 0.25) is 0 Å². The summed E-state index contributed by atoms with van der Waals surface area (Å²) in [5.74, 6) is 0.785. The minimum atomic E-state index is 0.785. The maximum absolute atomic E-state index is 2.34. The van der Waals surface area contributed by atoms with Gasteiger partial charge < -0.3 is 0 Å². The zero-order valence-electron chi connectivity index (χ0n) is 15.3. The first-order valence-electron chi connectivity index (χ1n) is 9.94. The molecule has 0 amide bonds. The molecule has 0 N–H and O–H groups in total. The summed E-state index contributed by atoms with van der Waals surface area (Å²) >= 11 is 0. The zero-order valence-corrected chi connectivity index (χ0v) is 15.3. The maximum atomic E-state index is 2.34. The molecule has 0 aliphatic carbocycles. The van der Waals surface area contributed by atoms with Crippen LogP contribution in [-0.2, 0) is 0 Å². The quantitative estimate of drug-likeness (QED) is 0.199. The van der Waals surface area contributed by atoms with Gasteiger partial charge in [0.2, 0.25) is 0 Å². The summed E-state index contributed by atoms with van der Waals surface area (Å²) in [6.07, 6.45) is 26.3. The first kappa shape index (κ1) is 20.7. The lowest BCUT2D eigenvalue weighted by Crippen LogP contribution is -1.89. The summed E-state index contributed by atoms with van der Waals surface area (Å²) in [5, 5.41) is 0. The molecule has 21 heavy (non-hydrogen) atoms. The molecule has 0 saturated heterocycles. The van der Waals surface area contributed by atoms with Crippen molar-refractivity contribution in [1.29, 1.82) is 0 Å². The van der Waals surface area contributed by atoms with Gasteiger partial charge >= 0.3 is 0 Å². The third-order valence-electron chi connectivity index (χ3n) is 4.53. The molecule has 0 spiro atoms. The summed E-state index contributed by atoms with van der Waals surface area (Å²) in [4.78, 5) is 0. The van der Waals surface area contributed by atoms with Crippen LogP contribution in [0.25, 0.3) is 0 Å². The van der Waals surface area contributed by atoms with Crippen LogP contribution in [0.5, 0.6) is 0 Å². The molecule has 0 aromatic rings. The van der Waals surface area contributed by atoms with E-state index in [1.165, 1.54) is 96.3 Å². The van der Waals surface area contributed by atoms with Gasteiger partial charge in [-0.15, -0.1) is 0 Å². The molecule has 126 valence electrons. The van der Waals surface area contributed by atoms with Crippen LogP contribution in [-0.4, -0.2) is 0 Å². The summed E-state index contributed by atoms with van der Waals surface area (Å²) in [5.41, 5.74) is 0. The van der Waals surface area contributed by atoms with E-state index in [1.54, 1.807) is 0 Å². The molecule has 0 aromatic carbocycles. The van der Waals surface area contributed by atoms with Crippen molar-refractivity contribution < 1.29 is 0 Å². The van der Waals surface area contributed by atoms with E-state index < -0.39 is 0 Å². The van der Waals surface area contributed by atoms with Gasteiger partial charge in [-0.05, 0) is 19.3 Å². The van der Waals surface area contributed by atoms with Crippen molar-refractivity contribution >= 4 is 0 Å². The van der Waals surface area contributed by atoms with Crippen LogP contribution in [0, 0.1) is 5.92 Å². The molecule has 1 atom stereocenters. The van der Waals surface area contributed by atoms with Crippen LogP contribution < -0.4 is 0 Å². The molecule has 0 rings (SSSR count). The summed E-state index contributed by atoms with van der Waals surface area (Å²) in [6, 6.07) is 0. The Hall–Kier alpha value is -0.260. The van der Waals surface area contributed by atoms with Gasteiger partial charge in [0.15, 0.2) is 0 Å². The van der Waals surface area contributed by atoms with Crippen LogP contribution in [0.4, 0.5) is 0 Å². The van der Waals surface area contributed by atoms with Crippen LogP contribution >= 0.6 is 0 Å². The molecule has 0 aliphatic heterocycles. The Morgan fingerprint density at radius 1 is 0.619 bits per heavy atom. The van der Waals surface area contributed by atoms with Crippen molar-refractivity contribution in [3.63, 3.8) is 0 Å². The van der Waals surface area contributed by atoms with Crippen LogP contribution in [0.3, 0.4) is 0 Å². The minimum Gasteiger partial charge on any atom is -0.0914 e. The van der Waals surface area contributed by atoms with Crippen molar-refractivity contribution in [3.05, 3.63) is 12.2 Å². The summed E-state index contributed by atoms with van der Waals surface area (Å²) in [6.45, 7) is 6.76. The highest BCUT2D eigenvalue weighted by molar-refractivity contribution is 4.82. The average molecular weight is 295 g/mol. The van der Waals surface area contributed by atoms with Gasteiger partial charge in [-0.2, -0.15) is 0 Å². The fraction of sp³-hybridized carbons (Fsp3) is 0.905. The van der Waals surface area contributed by atoms with Crippen LogP contribution in [0.15, 0.2) is 12.2 Å². The topological polar surface area (TPSA) is 0 Å². The molecule has 0 radical (unpaired) electrons. The van der Waals surface area contributed by atoms with E-state index in [4.69, 9.17) is 0 Å². The standard InChI is InChI=1S/C21H42/c1-4-6-7-8-9-10-11-12-13-14-15-16-17-18-20-21(3)19-5-2/h5,19,21H,4,6-18,20H2,1-3H3/b19-5+. The fourth-order valence-corrected chi connectivity index (χ4v) is 3.09. The fourth-order valence-electron chi connectivity index (χ4n) is 3.09. The highest BCUT2D eigenvalue weighted by Gasteiger charge is 1.97. The monoisotopic (exact) mass is 294 g/mol. The minimum absolute atomic E-state index is 0.785. The SMILES string of the molecule is C/C=C/C(C)CCCCCCCCCCCCCCCC. The Morgan fingerprint density at radius 3 is 1.38 bits per heavy atom. The molecule has 0 aliphatic rings. The van der Waals surface area contributed by atoms with Gasteiger partial charge in [0.25, 0.3) is 0 Å². The van der Waals surface area contributed by atoms with Gasteiger partial charge in [-0.1, -0.05) is 116 Å². The lowest BCUT2D eigenvalue weighted by molar-refractivity contribution is 0.518. The smallest absolute Gasteiger partial charge is 0.0262 e. The molecule has 0 fully saturated rings. The number of unbranched alkanes of at least 4 members (excludes halogenated alkanes) is 13. The van der Waals surface area contributed by atoms with Crippen molar-refractivity contribution in [2.75, 3.05) is 0 Å². The second-order valence-corrected chi connectivity index (χ2v) is 6.89. The molecule has 0 heteroatoms. The number of hydrogen-bond donors (Lipinski definition) is 0. The van der Waals surface area contributed by atoms with Gasteiger partial charge in [0.05, 0.1) is 0 Å². The van der Waals surface area contributed by atoms with E-state index in [2.05, 4.69) is 32.9 Å². The van der Waals surface area contributed by atoms with Gasteiger partial charge in [0, 0.05) is 0 Å². The highest BCUT2D eigenvalue weighted by Crippen LogP contribution is 2.15. The molecule has 1 unspecified atom stereocenters. The predicted molar refractivity (Wildman–Crippen MR) is 98.9 cm³/mol. The molecule has 0 saturated carbocycles. The number of allylic oxidation sites excluding steroid dienone is 2. The van der Waals surface area contributed by atoms with E-state index in [0.29, 0.717) is 0 Å². The van der Waals surface area contributed by atoms with Gasteiger partial charge in [-0.25, -0.2) is 0 Å². The van der Waals surface area contributed by atoms with Gasteiger partial charge in [0.1, 0.15) is 0 Å². The average Bonchev–Trinajstić information content (AvgIpc) is 2.48. The maximum Gasteiger partial charge on any atom is -0.0262 e. The second-order valence-electron chi connectivity index (χ2n) is 6.89. The molecular weight excluding hydrogens is 252 g/mol. The molecule has 0 heterocycles. The van der Waals surface area contributed by atoms with Crippen molar-refractivity contribution in [2.45, 2.75) is 117 Å². The number of rotatable bonds is 16. The third-order valence-corrected chi connectivity index (χ3v) is 4.53. The second kappa shape index (κ2) is 17.8. The first-order chi connectivity index (χ1) is 10.3. The van der Waals surface area contributed by atoms with Crippen molar-refractivity contribution in [1.82, 2.24) is 0 Å². The molecule has 0 nitrogen and oxygen atoms in total. The first-order valence-corrected chi connectivity index (χ1v) is 9.94. The largest absolute Gasteiger partial charge is 0.0914 e. The van der Waals surface area contributed by atoms with E-state index >= 15 is 0 Å². The lowest BCUT2D eigenvalue weighted by Gasteiger charge is -2.06. The van der Waals surface area contributed by atoms with Crippen molar-refractivity contribution in [2.24, 2.45) is 5.92 Å².